The molecule has 1 aromatic carbocycles. The van der Waals surface area contributed by atoms with E-state index < -0.39 is 0 Å². The van der Waals surface area contributed by atoms with Gasteiger partial charge in [0, 0.05) is 6.54 Å². The third kappa shape index (κ3) is 3.20. The van der Waals surface area contributed by atoms with Crippen LogP contribution in [0.5, 0.6) is 5.75 Å². The summed E-state index contributed by atoms with van der Waals surface area (Å²) in [6.07, 6.45) is 0.896. The first kappa shape index (κ1) is 14.0. The van der Waals surface area contributed by atoms with E-state index in [4.69, 9.17) is 9.84 Å². The maximum Gasteiger partial charge on any atom is 0.125 e. The van der Waals surface area contributed by atoms with Crippen molar-refractivity contribution in [2.45, 2.75) is 27.2 Å². The summed E-state index contributed by atoms with van der Waals surface area (Å²) in [6, 6.07) is 2.20. The molecule has 0 saturated heterocycles. The zero-order valence-corrected chi connectivity index (χ0v) is 11.5. The van der Waals surface area contributed by atoms with Gasteiger partial charge in [-0.15, -0.1) is 0 Å². The fourth-order valence-corrected chi connectivity index (χ4v) is 2.06. The second-order valence-corrected chi connectivity index (χ2v) is 4.62. The summed E-state index contributed by atoms with van der Waals surface area (Å²) in [5.74, 6) is 0.994. The second-order valence-electron chi connectivity index (χ2n) is 4.62. The van der Waals surface area contributed by atoms with E-state index in [-0.39, 0.29) is 6.73 Å². The Morgan fingerprint density at radius 3 is 2.41 bits per heavy atom. The van der Waals surface area contributed by atoms with E-state index in [1.165, 1.54) is 22.3 Å². The lowest BCUT2D eigenvalue weighted by molar-refractivity contribution is 0.134. The first-order valence-electron chi connectivity index (χ1n) is 5.94. The van der Waals surface area contributed by atoms with E-state index >= 15 is 0 Å². The van der Waals surface area contributed by atoms with Crippen LogP contribution in [0.4, 0.5) is 0 Å². The van der Waals surface area contributed by atoms with Gasteiger partial charge in [-0.05, 0) is 56.5 Å². The van der Waals surface area contributed by atoms with Crippen LogP contribution in [0.1, 0.15) is 22.3 Å². The van der Waals surface area contributed by atoms with Crippen LogP contribution >= 0.6 is 0 Å². The zero-order chi connectivity index (χ0) is 13.0. The third-order valence-corrected chi connectivity index (χ3v) is 3.30. The smallest absolute Gasteiger partial charge is 0.125 e. The molecule has 0 aromatic heterocycles. The Bertz CT molecular complexity index is 388. The SMILES string of the molecule is COc1c(C)c(C)cc(C)c1CCN(C)CO. The standard InChI is InChI=1S/C14H23NO2/c1-10-8-11(2)13(6-7-15(4)9-16)14(17-5)12(10)3/h8,16H,6-7,9H2,1-5H3. The Balaban J connectivity index is 3.01. The van der Waals surface area contributed by atoms with Gasteiger partial charge in [0.25, 0.3) is 0 Å². The van der Waals surface area contributed by atoms with Gasteiger partial charge >= 0.3 is 0 Å². The van der Waals surface area contributed by atoms with Gasteiger partial charge in [-0.3, -0.25) is 4.90 Å². The molecule has 1 N–H and O–H groups in total. The molecule has 0 atom stereocenters. The number of ether oxygens (including phenoxy) is 1. The van der Waals surface area contributed by atoms with Gasteiger partial charge in [0.05, 0.1) is 13.8 Å². The molecule has 0 fully saturated rings. The monoisotopic (exact) mass is 237 g/mol. The molecule has 0 unspecified atom stereocenters. The molecule has 17 heavy (non-hydrogen) atoms. The van der Waals surface area contributed by atoms with Crippen LogP contribution in [-0.2, 0) is 6.42 Å². The number of benzene rings is 1. The lowest BCUT2D eigenvalue weighted by Gasteiger charge is -2.19. The average Bonchev–Trinajstić information content (AvgIpc) is 2.31. The van der Waals surface area contributed by atoms with Crippen LogP contribution in [-0.4, -0.2) is 37.4 Å². The Hall–Kier alpha value is -1.06. The molecule has 0 radical (unpaired) electrons. The topological polar surface area (TPSA) is 32.7 Å². The summed E-state index contributed by atoms with van der Waals surface area (Å²) in [6.45, 7) is 7.23. The molecule has 3 heteroatoms. The molecular weight excluding hydrogens is 214 g/mol. The summed E-state index contributed by atoms with van der Waals surface area (Å²) in [4.78, 5) is 1.88. The lowest BCUT2D eigenvalue weighted by Crippen LogP contribution is -2.22. The molecule has 0 heterocycles. The average molecular weight is 237 g/mol. The first-order chi connectivity index (χ1) is 8.01. The van der Waals surface area contributed by atoms with E-state index in [9.17, 15) is 0 Å². The predicted octanol–water partition coefficient (Wildman–Crippen LogP) is 2.04. The summed E-state index contributed by atoms with van der Waals surface area (Å²) in [5, 5.41) is 9.00. The molecule has 0 aliphatic carbocycles. The largest absolute Gasteiger partial charge is 0.496 e. The van der Waals surface area contributed by atoms with Crippen LogP contribution in [0.3, 0.4) is 0 Å². The van der Waals surface area contributed by atoms with Gasteiger partial charge in [-0.1, -0.05) is 6.07 Å². The first-order valence-corrected chi connectivity index (χ1v) is 5.94. The van der Waals surface area contributed by atoms with Gasteiger partial charge in [0.15, 0.2) is 0 Å². The Kier molecular flexibility index (Phi) is 4.97. The number of aliphatic hydroxyl groups excluding tert-OH is 1. The molecule has 0 bridgehead atoms. The number of hydrogen-bond acceptors (Lipinski definition) is 3. The van der Waals surface area contributed by atoms with Crippen LogP contribution in [0.2, 0.25) is 0 Å². The molecule has 0 aliphatic rings. The van der Waals surface area contributed by atoms with Crippen molar-refractivity contribution in [2.75, 3.05) is 27.4 Å². The van der Waals surface area contributed by atoms with Crippen molar-refractivity contribution >= 4 is 0 Å². The van der Waals surface area contributed by atoms with Crippen molar-refractivity contribution in [3.63, 3.8) is 0 Å². The third-order valence-electron chi connectivity index (χ3n) is 3.30. The van der Waals surface area contributed by atoms with Crippen LogP contribution in [0.25, 0.3) is 0 Å². The minimum atomic E-state index is 0.0895. The summed E-state index contributed by atoms with van der Waals surface area (Å²) < 4.78 is 5.52. The van der Waals surface area contributed by atoms with Crippen molar-refractivity contribution in [1.29, 1.82) is 0 Å². The van der Waals surface area contributed by atoms with Crippen LogP contribution in [0.15, 0.2) is 6.07 Å². The molecule has 1 rings (SSSR count). The van der Waals surface area contributed by atoms with Gasteiger partial charge in [-0.25, -0.2) is 0 Å². The van der Waals surface area contributed by atoms with Crippen molar-refractivity contribution in [3.8, 4) is 5.75 Å². The zero-order valence-electron chi connectivity index (χ0n) is 11.5. The van der Waals surface area contributed by atoms with Gasteiger partial charge < -0.3 is 9.84 Å². The fourth-order valence-electron chi connectivity index (χ4n) is 2.06. The quantitative estimate of drug-likeness (QED) is 0.796. The lowest BCUT2D eigenvalue weighted by atomic mass is 9.97. The number of nitrogens with zero attached hydrogens (tertiary/aromatic N) is 1. The van der Waals surface area contributed by atoms with Gasteiger partial charge in [-0.2, -0.15) is 0 Å². The molecule has 3 nitrogen and oxygen atoms in total. The van der Waals surface area contributed by atoms with E-state index in [0.29, 0.717) is 0 Å². The predicted molar refractivity (Wildman–Crippen MR) is 70.6 cm³/mol. The fraction of sp³-hybridized carbons (Fsp3) is 0.571. The van der Waals surface area contributed by atoms with Crippen molar-refractivity contribution < 1.29 is 9.84 Å². The van der Waals surface area contributed by atoms with Gasteiger partial charge in [0.1, 0.15) is 5.75 Å². The maximum absolute atomic E-state index is 9.00. The molecular formula is C14H23NO2. The number of rotatable bonds is 5. The minimum absolute atomic E-state index is 0.0895. The highest BCUT2D eigenvalue weighted by atomic mass is 16.5. The van der Waals surface area contributed by atoms with E-state index in [0.717, 1.165) is 18.7 Å². The maximum atomic E-state index is 9.00. The molecule has 0 spiro atoms. The highest BCUT2D eigenvalue weighted by Gasteiger charge is 2.12. The number of aliphatic hydroxyl groups is 1. The van der Waals surface area contributed by atoms with Crippen molar-refractivity contribution in [3.05, 3.63) is 28.3 Å². The molecule has 0 amide bonds. The Morgan fingerprint density at radius 1 is 1.24 bits per heavy atom. The summed E-state index contributed by atoms with van der Waals surface area (Å²) in [5.41, 5.74) is 4.98. The second kappa shape index (κ2) is 6.03. The van der Waals surface area contributed by atoms with Gasteiger partial charge in [0.2, 0.25) is 0 Å². The minimum Gasteiger partial charge on any atom is -0.496 e. The highest BCUT2D eigenvalue weighted by Crippen LogP contribution is 2.29. The molecule has 1 aromatic rings. The van der Waals surface area contributed by atoms with E-state index in [1.54, 1.807) is 7.11 Å². The molecule has 96 valence electrons. The van der Waals surface area contributed by atoms with Crippen LogP contribution < -0.4 is 4.74 Å². The number of methoxy groups -OCH3 is 1. The highest BCUT2D eigenvalue weighted by molar-refractivity contribution is 5.49. The number of hydrogen-bond donors (Lipinski definition) is 1. The van der Waals surface area contributed by atoms with Crippen LogP contribution in [0, 0.1) is 20.8 Å². The summed E-state index contributed by atoms with van der Waals surface area (Å²) in [7, 11) is 3.63. The molecule has 0 aliphatic heterocycles. The normalized spacial score (nSPS) is 11.0. The van der Waals surface area contributed by atoms with E-state index in [2.05, 4.69) is 26.8 Å². The molecule has 0 saturated carbocycles. The van der Waals surface area contributed by atoms with Crippen molar-refractivity contribution in [2.24, 2.45) is 0 Å². The Labute approximate surface area is 104 Å². The number of aryl methyl sites for hydroxylation is 2. The number of likely N-dealkylation sites (N-methyl/N-ethyl adjacent to an activating group) is 1. The Morgan fingerprint density at radius 2 is 1.88 bits per heavy atom. The van der Waals surface area contributed by atoms with Crippen molar-refractivity contribution in [1.82, 2.24) is 4.90 Å². The van der Waals surface area contributed by atoms with E-state index in [1.807, 2.05) is 11.9 Å². The summed E-state index contributed by atoms with van der Waals surface area (Å²) >= 11 is 0.